The molecular formula is C30H34F4N6O4S. The molecular weight excluding hydrogens is 616 g/mol. The summed E-state index contributed by atoms with van der Waals surface area (Å²) in [4.78, 5) is 21.9. The van der Waals surface area contributed by atoms with Crippen LogP contribution in [0.25, 0.3) is 11.1 Å². The van der Waals surface area contributed by atoms with Crippen LogP contribution in [0.15, 0.2) is 51.2 Å². The monoisotopic (exact) mass is 650 g/mol. The molecule has 242 valence electrons. The summed E-state index contributed by atoms with van der Waals surface area (Å²) >= 11 is 0. The summed E-state index contributed by atoms with van der Waals surface area (Å²) in [6, 6.07) is 6.89. The van der Waals surface area contributed by atoms with Gasteiger partial charge in [0.25, 0.3) is 5.56 Å². The molecule has 3 aromatic rings. The van der Waals surface area contributed by atoms with E-state index >= 15 is 13.2 Å². The van der Waals surface area contributed by atoms with Crippen molar-refractivity contribution in [2.75, 3.05) is 30.2 Å². The number of rotatable bonds is 9. The summed E-state index contributed by atoms with van der Waals surface area (Å²) in [5.74, 6) is -4.92. The second-order valence-corrected chi connectivity index (χ2v) is 12.6. The van der Waals surface area contributed by atoms with Crippen molar-refractivity contribution >= 4 is 34.2 Å². The number of nitrogens with zero attached hydrogens (tertiary/aromatic N) is 3. The van der Waals surface area contributed by atoms with Gasteiger partial charge >= 0.3 is 0 Å². The van der Waals surface area contributed by atoms with E-state index in [-0.39, 0.29) is 35.9 Å². The highest BCUT2D eigenvalue weighted by atomic mass is 32.2. The Bertz CT molecular complexity index is 1800. The number of halogens is 4. The number of hydrogen-bond acceptors (Lipinski definition) is 6. The van der Waals surface area contributed by atoms with Gasteiger partial charge in [0.1, 0.15) is 23.4 Å². The van der Waals surface area contributed by atoms with Gasteiger partial charge in [0.2, 0.25) is 16.0 Å². The molecule has 1 fully saturated rings. The number of pyridine rings is 1. The lowest BCUT2D eigenvalue weighted by Crippen LogP contribution is -2.40. The van der Waals surface area contributed by atoms with Crippen LogP contribution in [-0.4, -0.2) is 58.1 Å². The molecule has 1 aliphatic heterocycles. The van der Waals surface area contributed by atoms with Gasteiger partial charge in [-0.2, -0.15) is 0 Å². The summed E-state index contributed by atoms with van der Waals surface area (Å²) in [5.41, 5.74) is -2.46. The number of hydrogen-bond donors (Lipinski definition) is 3. The number of sulfonamides is 1. The van der Waals surface area contributed by atoms with Gasteiger partial charge in [0.05, 0.1) is 24.5 Å². The fourth-order valence-electron chi connectivity index (χ4n) is 5.03. The highest BCUT2D eigenvalue weighted by Crippen LogP contribution is 2.33. The van der Waals surface area contributed by atoms with E-state index in [1.165, 1.54) is 29.9 Å². The van der Waals surface area contributed by atoms with E-state index < -0.39 is 68.3 Å². The average molecular weight is 651 g/mol. The molecule has 1 aliphatic rings. The number of ether oxygens (including phenoxy) is 1. The first kappa shape index (κ1) is 33.6. The Morgan fingerprint density at radius 2 is 1.89 bits per heavy atom. The Balaban J connectivity index is 1.71. The van der Waals surface area contributed by atoms with Gasteiger partial charge in [-0.15, -0.1) is 0 Å². The van der Waals surface area contributed by atoms with E-state index in [9.17, 15) is 17.6 Å². The van der Waals surface area contributed by atoms with E-state index in [0.717, 1.165) is 0 Å². The second-order valence-electron chi connectivity index (χ2n) is 10.9. The zero-order valence-corrected chi connectivity index (χ0v) is 25.9. The number of anilines is 2. The van der Waals surface area contributed by atoms with Gasteiger partial charge in [0, 0.05) is 31.1 Å². The number of aryl methyl sites for hydroxylation is 1. The molecule has 45 heavy (non-hydrogen) atoms. The molecule has 0 radical (unpaired) electrons. The van der Waals surface area contributed by atoms with E-state index in [2.05, 4.69) is 27.3 Å². The fraction of sp³-hybridized carbons (Fsp3) is 0.367. The topological polar surface area (TPSA) is 126 Å². The maximum atomic E-state index is 15.5. The molecule has 2 heterocycles. The van der Waals surface area contributed by atoms with Gasteiger partial charge < -0.3 is 15.4 Å². The van der Waals surface area contributed by atoms with Gasteiger partial charge in [-0.3, -0.25) is 14.1 Å². The van der Waals surface area contributed by atoms with Crippen molar-refractivity contribution in [3.63, 3.8) is 0 Å². The van der Waals surface area contributed by atoms with Gasteiger partial charge in [-0.1, -0.05) is 12.1 Å². The minimum Gasteiger partial charge on any atom is -0.497 e. The number of methoxy groups -OCH3 is 1. The third-order valence-corrected chi connectivity index (χ3v) is 8.32. The molecule has 0 saturated carbocycles. The van der Waals surface area contributed by atoms with Gasteiger partial charge in [0.15, 0.2) is 17.5 Å². The van der Waals surface area contributed by atoms with Crippen LogP contribution in [0.2, 0.25) is 0 Å². The van der Waals surface area contributed by atoms with Crippen LogP contribution in [0, 0.1) is 24.4 Å². The van der Waals surface area contributed by atoms with Crippen molar-refractivity contribution in [3.8, 4) is 16.9 Å². The third-order valence-electron chi connectivity index (χ3n) is 7.10. The molecule has 0 unspecified atom stereocenters. The first-order chi connectivity index (χ1) is 21.2. The van der Waals surface area contributed by atoms with Crippen molar-refractivity contribution in [2.24, 2.45) is 9.98 Å². The van der Waals surface area contributed by atoms with Crippen LogP contribution in [0.4, 0.5) is 29.1 Å². The average Bonchev–Trinajstić information content (AvgIpc) is 2.98. The SMILES string of the molecule is C=NC(=N[C@@H]1CNC[C@@H](F)C1)Nc1c(C)cc(-c2cc(F)c(NS(=O)(=O)Cc3cccc(OC)c3)c(F)c2F)c(=O)n1C(C)C. The van der Waals surface area contributed by atoms with Gasteiger partial charge in [-0.05, 0) is 62.9 Å². The zero-order chi connectivity index (χ0) is 33.1. The quantitative estimate of drug-likeness (QED) is 0.130. The molecule has 1 aromatic heterocycles. The molecule has 2 atom stereocenters. The van der Waals surface area contributed by atoms with Crippen LogP contribution in [0.5, 0.6) is 5.75 Å². The van der Waals surface area contributed by atoms with Crippen LogP contribution in [-0.2, 0) is 15.8 Å². The number of benzene rings is 2. The van der Waals surface area contributed by atoms with Crippen molar-refractivity contribution in [3.05, 3.63) is 75.3 Å². The molecule has 0 aliphatic carbocycles. The highest BCUT2D eigenvalue weighted by molar-refractivity contribution is 7.91. The Hall–Kier alpha value is -4.24. The minimum absolute atomic E-state index is 0.0226. The second kappa shape index (κ2) is 13.8. The van der Waals surface area contributed by atoms with Crippen molar-refractivity contribution in [1.82, 2.24) is 9.88 Å². The van der Waals surface area contributed by atoms with Crippen LogP contribution in [0.1, 0.15) is 37.4 Å². The summed E-state index contributed by atoms with van der Waals surface area (Å²) in [7, 11) is -3.00. The van der Waals surface area contributed by atoms with Crippen LogP contribution >= 0.6 is 0 Å². The fourth-order valence-corrected chi connectivity index (χ4v) is 6.22. The lowest BCUT2D eigenvalue weighted by molar-refractivity contribution is 0.249. The van der Waals surface area contributed by atoms with E-state index in [1.54, 1.807) is 37.6 Å². The zero-order valence-electron chi connectivity index (χ0n) is 25.1. The normalized spacial score (nSPS) is 17.3. The maximum Gasteiger partial charge on any atom is 0.260 e. The Morgan fingerprint density at radius 1 is 1.16 bits per heavy atom. The molecule has 1 saturated heterocycles. The van der Waals surface area contributed by atoms with Crippen LogP contribution in [0.3, 0.4) is 0 Å². The minimum atomic E-state index is -4.39. The molecule has 15 heteroatoms. The molecule has 2 aromatic carbocycles. The summed E-state index contributed by atoms with van der Waals surface area (Å²) in [5, 5.41) is 5.87. The molecule has 0 amide bonds. The summed E-state index contributed by atoms with van der Waals surface area (Å²) < 4.78 is 93.4. The first-order valence-electron chi connectivity index (χ1n) is 14.0. The largest absolute Gasteiger partial charge is 0.497 e. The smallest absolute Gasteiger partial charge is 0.260 e. The number of piperidine rings is 1. The Kier molecular flexibility index (Phi) is 10.3. The van der Waals surface area contributed by atoms with Gasteiger partial charge in [-0.25, -0.2) is 36.0 Å². The standard InChI is InChI=1S/C30H34F4N6O4S/c1-16(2)40-28(38-30(35-4)37-20-11-19(31)13-36-14-20)17(3)9-23(29(40)41)22-12-24(32)27(26(34)25(22)33)39-45(42,43)15-18-7-6-8-21(10-18)44-5/h6-10,12,16,19-20,36,39H,4,11,13-15H2,1-3,5H3,(H,37,38)/t19-,20-/m0/s1. The first-order valence-corrected chi connectivity index (χ1v) is 15.6. The number of alkyl halides is 1. The molecule has 0 bridgehead atoms. The predicted octanol–water partition coefficient (Wildman–Crippen LogP) is 4.94. The number of aliphatic imine (C=N–C) groups is 2. The third kappa shape index (κ3) is 7.71. The van der Waals surface area contributed by atoms with Crippen molar-refractivity contribution in [1.29, 1.82) is 0 Å². The van der Waals surface area contributed by atoms with E-state index in [0.29, 0.717) is 23.9 Å². The lowest BCUT2D eigenvalue weighted by atomic mass is 10.0. The number of guanidine groups is 1. The number of aromatic nitrogens is 1. The Morgan fingerprint density at radius 3 is 2.53 bits per heavy atom. The lowest BCUT2D eigenvalue weighted by Gasteiger charge is -2.24. The van der Waals surface area contributed by atoms with Crippen molar-refractivity contribution < 1.29 is 30.7 Å². The molecule has 4 rings (SSSR count). The summed E-state index contributed by atoms with van der Waals surface area (Å²) in [6.45, 7) is 9.05. The van der Waals surface area contributed by atoms with E-state index in [4.69, 9.17) is 4.74 Å². The summed E-state index contributed by atoms with van der Waals surface area (Å²) in [6.07, 6.45) is -0.912. The van der Waals surface area contributed by atoms with Crippen LogP contribution < -0.4 is 25.7 Å². The molecule has 3 N–H and O–H groups in total. The van der Waals surface area contributed by atoms with Crippen molar-refractivity contribution in [2.45, 2.75) is 51.2 Å². The maximum absolute atomic E-state index is 15.5. The number of nitrogens with one attached hydrogen (secondary N) is 3. The predicted molar refractivity (Wildman–Crippen MR) is 167 cm³/mol. The van der Waals surface area contributed by atoms with E-state index in [1.807, 2.05) is 0 Å². The Labute approximate surface area is 258 Å². The molecule has 0 spiro atoms. The molecule has 10 nitrogen and oxygen atoms in total. The highest BCUT2D eigenvalue weighted by Gasteiger charge is 2.27.